The van der Waals surface area contributed by atoms with Crippen LogP contribution in [-0.2, 0) is 30.0 Å². The highest BCUT2D eigenvalue weighted by atomic mass is 32.2. The highest BCUT2D eigenvalue weighted by molar-refractivity contribution is 7.91. The number of nitrogens with zero attached hydrogens (tertiary/aromatic N) is 2. The van der Waals surface area contributed by atoms with Crippen LogP contribution in [0.4, 0.5) is 0 Å². The van der Waals surface area contributed by atoms with Crippen LogP contribution < -0.4 is 10.5 Å². The fourth-order valence-corrected chi connectivity index (χ4v) is 3.93. The number of thiophene rings is 1. The molecule has 3 N–H and O–H groups in total. The zero-order valence-electron chi connectivity index (χ0n) is 10.5. The van der Waals surface area contributed by atoms with Gasteiger partial charge in [0.05, 0.1) is 0 Å². The van der Waals surface area contributed by atoms with Gasteiger partial charge in [0, 0.05) is 43.8 Å². The van der Waals surface area contributed by atoms with E-state index >= 15 is 0 Å². The number of aromatic nitrogens is 2. The molecule has 0 saturated carbocycles. The fourth-order valence-electron chi connectivity index (χ4n) is 1.62. The number of hydrogen-bond donors (Lipinski definition) is 2. The molecule has 0 radical (unpaired) electrons. The molecule has 0 saturated heterocycles. The SMILES string of the molecule is Cn1ccnc1CCNS(=O)(=O)c1ccc(CN)s1. The van der Waals surface area contributed by atoms with Crippen LogP contribution in [-0.4, -0.2) is 24.5 Å². The molecule has 0 bridgehead atoms. The molecule has 0 fully saturated rings. The number of hydrogen-bond acceptors (Lipinski definition) is 5. The number of sulfonamides is 1. The third-order valence-electron chi connectivity index (χ3n) is 2.66. The van der Waals surface area contributed by atoms with E-state index < -0.39 is 10.0 Å². The Bertz CT molecular complexity index is 645. The van der Waals surface area contributed by atoms with Crippen molar-refractivity contribution >= 4 is 21.4 Å². The lowest BCUT2D eigenvalue weighted by atomic mass is 10.4. The normalized spacial score (nSPS) is 11.9. The van der Waals surface area contributed by atoms with E-state index in [0.29, 0.717) is 23.7 Å². The Morgan fingerprint density at radius 2 is 2.26 bits per heavy atom. The Kier molecular flexibility index (Phi) is 4.35. The smallest absolute Gasteiger partial charge is 0.250 e. The second-order valence-electron chi connectivity index (χ2n) is 4.03. The monoisotopic (exact) mass is 300 g/mol. The number of imidazole rings is 1. The standard InChI is InChI=1S/C11H16N4O2S2/c1-15-7-6-13-10(15)4-5-14-19(16,17)11-3-2-9(8-12)18-11/h2-3,6-7,14H,4-5,8,12H2,1H3. The molecular weight excluding hydrogens is 284 g/mol. The van der Waals surface area contributed by atoms with Crippen molar-refractivity contribution < 1.29 is 8.42 Å². The molecule has 104 valence electrons. The van der Waals surface area contributed by atoms with E-state index in [-0.39, 0.29) is 0 Å². The van der Waals surface area contributed by atoms with E-state index in [4.69, 9.17) is 5.73 Å². The highest BCUT2D eigenvalue weighted by Crippen LogP contribution is 2.20. The largest absolute Gasteiger partial charge is 0.338 e. The first-order valence-corrected chi connectivity index (χ1v) is 8.07. The molecule has 0 unspecified atom stereocenters. The van der Waals surface area contributed by atoms with Crippen molar-refractivity contribution in [2.45, 2.75) is 17.2 Å². The lowest BCUT2D eigenvalue weighted by Crippen LogP contribution is -2.25. The van der Waals surface area contributed by atoms with Crippen LogP contribution in [0.25, 0.3) is 0 Å². The Balaban J connectivity index is 1.96. The molecule has 6 nitrogen and oxygen atoms in total. The van der Waals surface area contributed by atoms with Gasteiger partial charge in [0.15, 0.2) is 0 Å². The lowest BCUT2D eigenvalue weighted by molar-refractivity contribution is 0.582. The van der Waals surface area contributed by atoms with Gasteiger partial charge in [0.1, 0.15) is 10.0 Å². The van der Waals surface area contributed by atoms with Gasteiger partial charge in [-0.05, 0) is 12.1 Å². The van der Waals surface area contributed by atoms with Crippen molar-refractivity contribution in [2.75, 3.05) is 6.54 Å². The highest BCUT2D eigenvalue weighted by Gasteiger charge is 2.16. The summed E-state index contributed by atoms with van der Waals surface area (Å²) in [5, 5.41) is 0. The minimum atomic E-state index is -3.44. The Morgan fingerprint density at radius 1 is 1.47 bits per heavy atom. The van der Waals surface area contributed by atoms with E-state index in [0.717, 1.165) is 10.7 Å². The first-order valence-electron chi connectivity index (χ1n) is 5.77. The molecule has 19 heavy (non-hydrogen) atoms. The number of nitrogens with two attached hydrogens (primary N) is 1. The minimum absolute atomic E-state index is 0.299. The molecule has 2 heterocycles. The van der Waals surface area contributed by atoms with Crippen LogP contribution in [0, 0.1) is 0 Å². The summed E-state index contributed by atoms with van der Waals surface area (Å²) in [5.74, 6) is 0.844. The van der Waals surface area contributed by atoms with Crippen molar-refractivity contribution in [1.29, 1.82) is 0 Å². The van der Waals surface area contributed by atoms with Crippen molar-refractivity contribution in [1.82, 2.24) is 14.3 Å². The number of rotatable bonds is 6. The third-order valence-corrected chi connectivity index (χ3v) is 5.73. The second kappa shape index (κ2) is 5.83. The van der Waals surface area contributed by atoms with Gasteiger partial charge in [0.25, 0.3) is 0 Å². The molecule has 2 aromatic heterocycles. The van der Waals surface area contributed by atoms with Crippen LogP contribution >= 0.6 is 11.3 Å². The Labute approximate surface area is 116 Å². The van der Waals surface area contributed by atoms with Crippen molar-refractivity contribution in [3.63, 3.8) is 0 Å². The molecule has 2 aromatic rings. The summed E-state index contributed by atoms with van der Waals surface area (Å²) in [7, 11) is -1.56. The van der Waals surface area contributed by atoms with E-state index in [1.165, 1.54) is 11.3 Å². The summed E-state index contributed by atoms with van der Waals surface area (Å²) in [6.45, 7) is 0.677. The summed E-state index contributed by atoms with van der Waals surface area (Å²) in [5.41, 5.74) is 5.47. The molecular formula is C11H16N4O2S2. The van der Waals surface area contributed by atoms with Gasteiger partial charge in [-0.3, -0.25) is 0 Å². The lowest BCUT2D eigenvalue weighted by Gasteiger charge is -2.04. The minimum Gasteiger partial charge on any atom is -0.338 e. The summed E-state index contributed by atoms with van der Waals surface area (Å²) >= 11 is 1.19. The van der Waals surface area contributed by atoms with Crippen molar-refractivity contribution in [3.8, 4) is 0 Å². The van der Waals surface area contributed by atoms with E-state index in [2.05, 4.69) is 9.71 Å². The van der Waals surface area contributed by atoms with E-state index in [1.807, 2.05) is 17.8 Å². The quantitative estimate of drug-likeness (QED) is 0.811. The van der Waals surface area contributed by atoms with Crippen LogP contribution in [0.1, 0.15) is 10.7 Å². The van der Waals surface area contributed by atoms with Crippen LogP contribution in [0.2, 0.25) is 0 Å². The predicted molar refractivity (Wildman–Crippen MR) is 74.3 cm³/mol. The molecule has 2 rings (SSSR count). The van der Waals surface area contributed by atoms with Gasteiger partial charge in [-0.15, -0.1) is 11.3 Å². The molecule has 0 aliphatic heterocycles. The van der Waals surface area contributed by atoms with Crippen LogP contribution in [0.5, 0.6) is 0 Å². The van der Waals surface area contributed by atoms with Gasteiger partial charge >= 0.3 is 0 Å². The van der Waals surface area contributed by atoms with Gasteiger partial charge in [-0.2, -0.15) is 0 Å². The van der Waals surface area contributed by atoms with E-state index in [9.17, 15) is 8.42 Å². The zero-order valence-corrected chi connectivity index (χ0v) is 12.2. The maximum atomic E-state index is 12.0. The molecule has 0 atom stereocenters. The summed E-state index contributed by atoms with van der Waals surface area (Å²) in [6, 6.07) is 3.31. The average molecular weight is 300 g/mol. The molecule has 0 aliphatic carbocycles. The topological polar surface area (TPSA) is 90.0 Å². The molecule has 0 amide bonds. The van der Waals surface area contributed by atoms with Crippen molar-refractivity contribution in [3.05, 3.63) is 35.2 Å². The predicted octanol–water partition coefficient (Wildman–Crippen LogP) is 0.461. The average Bonchev–Trinajstić information content (AvgIpc) is 2.99. The summed E-state index contributed by atoms with van der Waals surface area (Å²) < 4.78 is 28.7. The maximum absolute atomic E-state index is 12.0. The first kappa shape index (κ1) is 14.2. The van der Waals surface area contributed by atoms with Crippen LogP contribution in [0.3, 0.4) is 0 Å². The Morgan fingerprint density at radius 3 is 2.84 bits per heavy atom. The van der Waals surface area contributed by atoms with Gasteiger partial charge in [0.2, 0.25) is 10.0 Å². The number of aryl methyl sites for hydroxylation is 1. The molecule has 0 spiro atoms. The van der Waals surface area contributed by atoms with E-state index in [1.54, 1.807) is 18.3 Å². The van der Waals surface area contributed by atoms with Crippen molar-refractivity contribution in [2.24, 2.45) is 12.8 Å². The third kappa shape index (κ3) is 3.41. The Hall–Kier alpha value is -1.22. The summed E-state index contributed by atoms with van der Waals surface area (Å²) in [4.78, 5) is 4.99. The summed E-state index contributed by atoms with van der Waals surface area (Å²) in [6.07, 6.45) is 4.07. The molecule has 8 heteroatoms. The molecule has 0 aliphatic rings. The van der Waals surface area contributed by atoms with Gasteiger partial charge in [-0.25, -0.2) is 18.1 Å². The van der Waals surface area contributed by atoms with Gasteiger partial charge in [-0.1, -0.05) is 0 Å². The maximum Gasteiger partial charge on any atom is 0.250 e. The first-order chi connectivity index (χ1) is 9.03. The fraction of sp³-hybridized carbons (Fsp3) is 0.364. The van der Waals surface area contributed by atoms with Crippen LogP contribution in [0.15, 0.2) is 28.7 Å². The van der Waals surface area contributed by atoms with Gasteiger partial charge < -0.3 is 10.3 Å². The zero-order chi connectivity index (χ0) is 13.9. The molecule has 0 aromatic carbocycles. The number of nitrogens with one attached hydrogen (secondary N) is 1. The second-order valence-corrected chi connectivity index (χ2v) is 7.19.